The minimum atomic E-state index is -0.0954. The van der Waals surface area contributed by atoms with Gasteiger partial charge in [0.15, 0.2) is 5.82 Å². The number of halogens is 1. The lowest BCUT2D eigenvalue weighted by atomic mass is 10.3. The number of carbonyl (C=O) groups excluding carboxylic acids is 1. The number of hydrogen-bond donors (Lipinski definition) is 1. The molecule has 2 amide bonds. The van der Waals surface area contributed by atoms with Crippen molar-refractivity contribution in [1.29, 1.82) is 0 Å². The lowest BCUT2D eigenvalue weighted by molar-refractivity contribution is 0.208. The first-order valence-corrected chi connectivity index (χ1v) is 7.86. The van der Waals surface area contributed by atoms with E-state index in [0.29, 0.717) is 18.1 Å². The maximum Gasteiger partial charge on any atom is 0.321 e. The zero-order valence-electron chi connectivity index (χ0n) is 12.9. The smallest absolute Gasteiger partial charge is 0.321 e. The van der Waals surface area contributed by atoms with E-state index in [4.69, 9.17) is 11.6 Å². The maximum atomic E-state index is 12.3. The van der Waals surface area contributed by atoms with Gasteiger partial charge in [-0.2, -0.15) is 5.10 Å². The Bertz CT molecular complexity index is 666. The molecule has 1 aromatic carbocycles. The molecule has 6 nitrogen and oxygen atoms in total. The van der Waals surface area contributed by atoms with Gasteiger partial charge in [-0.05, 0) is 43.3 Å². The maximum absolute atomic E-state index is 12.3. The SMILES string of the molecule is Cc1ccc(N2CCN(C(=O)Nc3ccc(Cl)cc3)CC2)nn1. The average molecular weight is 332 g/mol. The second kappa shape index (κ2) is 6.83. The number of hydrogen-bond acceptors (Lipinski definition) is 4. The van der Waals surface area contributed by atoms with Crippen LogP contribution in [0.15, 0.2) is 36.4 Å². The molecule has 0 aliphatic carbocycles. The summed E-state index contributed by atoms with van der Waals surface area (Å²) in [4.78, 5) is 16.2. The van der Waals surface area contributed by atoms with E-state index in [2.05, 4.69) is 20.4 Å². The number of benzene rings is 1. The number of piperazine rings is 1. The van der Waals surface area contributed by atoms with Crippen LogP contribution in [-0.4, -0.2) is 47.3 Å². The minimum absolute atomic E-state index is 0.0954. The van der Waals surface area contributed by atoms with Crippen LogP contribution in [0, 0.1) is 6.92 Å². The summed E-state index contributed by atoms with van der Waals surface area (Å²) < 4.78 is 0. The van der Waals surface area contributed by atoms with E-state index >= 15 is 0 Å². The van der Waals surface area contributed by atoms with Crippen LogP contribution in [0.5, 0.6) is 0 Å². The Labute approximate surface area is 140 Å². The Hall–Kier alpha value is -2.34. The molecular formula is C16H18ClN5O. The molecule has 0 bridgehead atoms. The van der Waals surface area contributed by atoms with E-state index in [-0.39, 0.29) is 6.03 Å². The van der Waals surface area contributed by atoms with Crippen molar-refractivity contribution in [1.82, 2.24) is 15.1 Å². The molecule has 1 aromatic heterocycles. The van der Waals surface area contributed by atoms with Gasteiger partial charge in [0.1, 0.15) is 0 Å². The van der Waals surface area contributed by atoms with Crippen molar-refractivity contribution in [2.75, 3.05) is 36.4 Å². The molecule has 0 radical (unpaired) electrons. The van der Waals surface area contributed by atoms with Crippen LogP contribution in [-0.2, 0) is 0 Å². The van der Waals surface area contributed by atoms with Gasteiger partial charge in [0.25, 0.3) is 0 Å². The predicted octanol–water partition coefficient (Wildman–Crippen LogP) is 2.79. The summed E-state index contributed by atoms with van der Waals surface area (Å²) in [6, 6.07) is 10.9. The first-order chi connectivity index (χ1) is 11.1. The van der Waals surface area contributed by atoms with E-state index in [1.165, 1.54) is 0 Å². The minimum Gasteiger partial charge on any atom is -0.352 e. The fourth-order valence-electron chi connectivity index (χ4n) is 2.43. The third-order valence-electron chi connectivity index (χ3n) is 3.77. The van der Waals surface area contributed by atoms with Gasteiger partial charge in [-0.25, -0.2) is 4.79 Å². The van der Waals surface area contributed by atoms with Crippen LogP contribution < -0.4 is 10.2 Å². The monoisotopic (exact) mass is 331 g/mol. The third-order valence-corrected chi connectivity index (χ3v) is 4.02. The summed E-state index contributed by atoms with van der Waals surface area (Å²) >= 11 is 5.84. The Balaban J connectivity index is 1.54. The van der Waals surface area contributed by atoms with Crippen molar-refractivity contribution in [2.24, 2.45) is 0 Å². The number of aromatic nitrogens is 2. The van der Waals surface area contributed by atoms with Gasteiger partial charge in [-0.1, -0.05) is 11.6 Å². The first kappa shape index (κ1) is 15.6. The third kappa shape index (κ3) is 3.90. The van der Waals surface area contributed by atoms with Crippen LogP contribution in [0.1, 0.15) is 5.69 Å². The summed E-state index contributed by atoms with van der Waals surface area (Å²) in [5.74, 6) is 0.855. The van der Waals surface area contributed by atoms with Gasteiger partial charge in [0.2, 0.25) is 0 Å². The number of carbonyl (C=O) groups is 1. The highest BCUT2D eigenvalue weighted by atomic mass is 35.5. The van der Waals surface area contributed by atoms with Crippen molar-refractivity contribution in [3.63, 3.8) is 0 Å². The Morgan fingerprint density at radius 3 is 2.35 bits per heavy atom. The molecule has 2 heterocycles. The summed E-state index contributed by atoms with van der Waals surface area (Å²) in [5, 5.41) is 11.8. The Morgan fingerprint density at radius 1 is 1.04 bits per heavy atom. The fourth-order valence-corrected chi connectivity index (χ4v) is 2.56. The molecular weight excluding hydrogens is 314 g/mol. The fraction of sp³-hybridized carbons (Fsp3) is 0.312. The molecule has 0 saturated carbocycles. The summed E-state index contributed by atoms with van der Waals surface area (Å²) in [7, 11) is 0. The highest BCUT2D eigenvalue weighted by Gasteiger charge is 2.22. The number of urea groups is 1. The van der Waals surface area contributed by atoms with E-state index in [0.717, 1.165) is 30.3 Å². The zero-order valence-corrected chi connectivity index (χ0v) is 13.6. The van der Waals surface area contributed by atoms with Gasteiger partial charge in [-0.15, -0.1) is 5.10 Å². The Kier molecular flexibility index (Phi) is 4.62. The molecule has 1 saturated heterocycles. The number of aryl methyl sites for hydroxylation is 1. The van der Waals surface area contributed by atoms with E-state index < -0.39 is 0 Å². The number of nitrogens with one attached hydrogen (secondary N) is 1. The highest BCUT2D eigenvalue weighted by molar-refractivity contribution is 6.30. The molecule has 2 aromatic rings. The predicted molar refractivity (Wildman–Crippen MR) is 91.0 cm³/mol. The lowest BCUT2D eigenvalue weighted by Crippen LogP contribution is -2.50. The quantitative estimate of drug-likeness (QED) is 0.919. The van der Waals surface area contributed by atoms with Crippen molar-refractivity contribution >= 4 is 29.1 Å². The van der Waals surface area contributed by atoms with Crippen LogP contribution in [0.4, 0.5) is 16.3 Å². The second-order valence-corrected chi connectivity index (χ2v) is 5.88. The molecule has 0 atom stereocenters. The summed E-state index contributed by atoms with van der Waals surface area (Å²) in [6.45, 7) is 4.69. The Morgan fingerprint density at radius 2 is 1.74 bits per heavy atom. The van der Waals surface area contributed by atoms with Crippen molar-refractivity contribution < 1.29 is 4.79 Å². The molecule has 1 aliphatic rings. The first-order valence-electron chi connectivity index (χ1n) is 7.48. The van der Waals surface area contributed by atoms with Gasteiger partial charge in [0.05, 0.1) is 5.69 Å². The standard InChI is InChI=1S/C16H18ClN5O/c1-12-2-7-15(20-19-12)21-8-10-22(11-9-21)16(23)18-14-5-3-13(17)4-6-14/h2-7H,8-11H2,1H3,(H,18,23). The van der Waals surface area contributed by atoms with Crippen LogP contribution in [0.2, 0.25) is 5.02 Å². The van der Waals surface area contributed by atoms with E-state index in [1.54, 1.807) is 29.2 Å². The van der Waals surface area contributed by atoms with Gasteiger partial charge >= 0.3 is 6.03 Å². The topological polar surface area (TPSA) is 61.4 Å². The molecule has 0 spiro atoms. The molecule has 120 valence electrons. The molecule has 23 heavy (non-hydrogen) atoms. The van der Waals surface area contributed by atoms with Crippen molar-refractivity contribution in [2.45, 2.75) is 6.92 Å². The average Bonchev–Trinajstić information content (AvgIpc) is 2.58. The van der Waals surface area contributed by atoms with Crippen LogP contribution in [0.25, 0.3) is 0 Å². The highest BCUT2D eigenvalue weighted by Crippen LogP contribution is 2.16. The van der Waals surface area contributed by atoms with Crippen LogP contribution in [0.3, 0.4) is 0 Å². The lowest BCUT2D eigenvalue weighted by Gasteiger charge is -2.35. The molecule has 3 rings (SSSR count). The summed E-state index contributed by atoms with van der Waals surface area (Å²) in [6.07, 6.45) is 0. The largest absolute Gasteiger partial charge is 0.352 e. The number of amides is 2. The number of anilines is 2. The van der Waals surface area contributed by atoms with E-state index in [9.17, 15) is 4.79 Å². The van der Waals surface area contributed by atoms with Crippen LogP contribution >= 0.6 is 11.6 Å². The normalized spacial score (nSPS) is 14.7. The molecule has 1 N–H and O–H groups in total. The van der Waals surface area contributed by atoms with Gasteiger partial charge < -0.3 is 15.1 Å². The molecule has 0 unspecified atom stereocenters. The number of nitrogens with zero attached hydrogens (tertiary/aromatic N) is 4. The van der Waals surface area contributed by atoms with Crippen molar-refractivity contribution in [3.8, 4) is 0 Å². The number of rotatable bonds is 2. The van der Waals surface area contributed by atoms with Gasteiger partial charge in [0, 0.05) is 36.9 Å². The summed E-state index contributed by atoms with van der Waals surface area (Å²) in [5.41, 5.74) is 1.64. The zero-order chi connectivity index (χ0) is 16.2. The molecule has 1 fully saturated rings. The van der Waals surface area contributed by atoms with E-state index in [1.807, 2.05) is 19.1 Å². The van der Waals surface area contributed by atoms with Crippen molar-refractivity contribution in [3.05, 3.63) is 47.1 Å². The van der Waals surface area contributed by atoms with Gasteiger partial charge in [-0.3, -0.25) is 0 Å². The second-order valence-electron chi connectivity index (χ2n) is 5.44. The molecule has 7 heteroatoms. The molecule has 1 aliphatic heterocycles.